The number of hydrogen-bond acceptors (Lipinski definition) is 2. The number of aromatic amines is 1. The minimum Gasteiger partial charge on any atom is -0.306 e. The second-order valence-corrected chi connectivity index (χ2v) is 5.63. The number of aromatic nitrogens is 2. The monoisotopic (exact) mass is 304 g/mol. The zero-order valence-corrected chi connectivity index (χ0v) is 11.6. The van der Waals surface area contributed by atoms with Gasteiger partial charge in [-0.15, -0.1) is 0 Å². The molecule has 3 rings (SSSR count). The zero-order valence-electron chi connectivity index (χ0n) is 10.0. The largest absolute Gasteiger partial charge is 0.306 e. The molecule has 0 amide bonds. The summed E-state index contributed by atoms with van der Waals surface area (Å²) in [6.07, 6.45) is 2.29. The lowest BCUT2D eigenvalue weighted by Gasteiger charge is -2.06. The Morgan fingerprint density at radius 3 is 2.78 bits per heavy atom. The summed E-state index contributed by atoms with van der Waals surface area (Å²) in [6.45, 7) is 2.03. The smallest absolute Gasteiger partial charge is 0.251 e. The lowest BCUT2D eigenvalue weighted by atomic mass is 10.1. The van der Waals surface area contributed by atoms with Crippen LogP contribution < -0.4 is 5.56 Å². The highest BCUT2D eigenvalue weighted by Gasteiger charge is 2.26. The number of aryl methyl sites for hydroxylation is 1. The molecule has 1 saturated carbocycles. The van der Waals surface area contributed by atoms with Gasteiger partial charge in [-0.1, -0.05) is 22.0 Å². The van der Waals surface area contributed by atoms with Gasteiger partial charge in [0.05, 0.1) is 5.69 Å². The SMILES string of the molecule is Cc1ccc(-c2nc(C3CC3)cc(=O)[nH]2)c(Br)c1. The molecule has 1 aromatic heterocycles. The fraction of sp³-hybridized carbons (Fsp3) is 0.286. The van der Waals surface area contributed by atoms with Gasteiger partial charge in [-0.25, -0.2) is 4.98 Å². The van der Waals surface area contributed by atoms with E-state index in [9.17, 15) is 4.79 Å². The van der Waals surface area contributed by atoms with Crippen LogP contribution in [0.3, 0.4) is 0 Å². The zero-order chi connectivity index (χ0) is 12.7. The van der Waals surface area contributed by atoms with Gasteiger partial charge < -0.3 is 4.98 Å². The Hall–Kier alpha value is -1.42. The van der Waals surface area contributed by atoms with E-state index in [4.69, 9.17) is 0 Å². The van der Waals surface area contributed by atoms with Crippen LogP contribution in [-0.4, -0.2) is 9.97 Å². The Morgan fingerprint density at radius 1 is 1.33 bits per heavy atom. The van der Waals surface area contributed by atoms with Gasteiger partial charge in [-0.2, -0.15) is 0 Å². The van der Waals surface area contributed by atoms with Gasteiger partial charge in [-0.05, 0) is 37.5 Å². The van der Waals surface area contributed by atoms with Crippen molar-refractivity contribution in [3.63, 3.8) is 0 Å². The van der Waals surface area contributed by atoms with Crippen molar-refractivity contribution >= 4 is 15.9 Å². The number of halogens is 1. The molecule has 0 spiro atoms. The van der Waals surface area contributed by atoms with Crippen LogP contribution in [0.5, 0.6) is 0 Å². The van der Waals surface area contributed by atoms with Gasteiger partial charge >= 0.3 is 0 Å². The van der Waals surface area contributed by atoms with Crippen LogP contribution in [0.1, 0.15) is 30.0 Å². The first-order chi connectivity index (χ1) is 8.63. The van der Waals surface area contributed by atoms with Crippen LogP contribution >= 0.6 is 15.9 Å². The third kappa shape index (κ3) is 2.25. The number of rotatable bonds is 2. The molecular formula is C14H13BrN2O. The van der Waals surface area contributed by atoms with E-state index in [1.54, 1.807) is 6.07 Å². The molecule has 1 N–H and O–H groups in total. The molecule has 1 fully saturated rings. The van der Waals surface area contributed by atoms with Crippen molar-refractivity contribution in [2.24, 2.45) is 0 Å². The van der Waals surface area contributed by atoms with Crippen LogP contribution in [0, 0.1) is 6.92 Å². The summed E-state index contributed by atoms with van der Waals surface area (Å²) in [5.41, 5.74) is 2.95. The predicted molar refractivity (Wildman–Crippen MR) is 74.7 cm³/mol. The molecule has 0 saturated heterocycles. The van der Waals surface area contributed by atoms with Gasteiger partial charge in [0.1, 0.15) is 5.82 Å². The summed E-state index contributed by atoms with van der Waals surface area (Å²) < 4.78 is 0.957. The number of benzene rings is 1. The van der Waals surface area contributed by atoms with Gasteiger partial charge in [0.25, 0.3) is 5.56 Å². The molecule has 1 aromatic carbocycles. The first-order valence-electron chi connectivity index (χ1n) is 6.01. The fourth-order valence-electron chi connectivity index (χ4n) is 2.00. The molecule has 18 heavy (non-hydrogen) atoms. The Bertz CT molecular complexity index is 659. The lowest BCUT2D eigenvalue weighted by Crippen LogP contribution is -2.10. The first kappa shape index (κ1) is 11.7. The van der Waals surface area contributed by atoms with Crippen LogP contribution in [-0.2, 0) is 0 Å². The molecule has 0 bridgehead atoms. The summed E-state index contributed by atoms with van der Waals surface area (Å²) >= 11 is 3.52. The molecule has 3 nitrogen and oxygen atoms in total. The molecule has 0 radical (unpaired) electrons. The Balaban J connectivity index is 2.13. The molecule has 1 aliphatic carbocycles. The topological polar surface area (TPSA) is 45.8 Å². The van der Waals surface area contributed by atoms with Gasteiger partial charge in [-0.3, -0.25) is 4.79 Å². The van der Waals surface area contributed by atoms with Crippen LogP contribution in [0.15, 0.2) is 33.5 Å². The van der Waals surface area contributed by atoms with E-state index in [1.807, 2.05) is 25.1 Å². The highest BCUT2D eigenvalue weighted by atomic mass is 79.9. The number of nitrogens with one attached hydrogen (secondary N) is 1. The van der Waals surface area contributed by atoms with E-state index in [0.717, 1.165) is 28.6 Å². The average molecular weight is 305 g/mol. The molecule has 0 unspecified atom stereocenters. The average Bonchev–Trinajstić information content (AvgIpc) is 3.11. The van der Waals surface area contributed by atoms with E-state index in [-0.39, 0.29) is 5.56 Å². The Morgan fingerprint density at radius 2 is 2.11 bits per heavy atom. The molecule has 0 aliphatic heterocycles. The van der Waals surface area contributed by atoms with Crippen molar-refractivity contribution in [3.8, 4) is 11.4 Å². The highest BCUT2D eigenvalue weighted by molar-refractivity contribution is 9.10. The second-order valence-electron chi connectivity index (χ2n) is 4.78. The van der Waals surface area contributed by atoms with Gasteiger partial charge in [0.15, 0.2) is 0 Å². The van der Waals surface area contributed by atoms with Crippen LogP contribution in [0.2, 0.25) is 0 Å². The van der Waals surface area contributed by atoms with E-state index >= 15 is 0 Å². The lowest BCUT2D eigenvalue weighted by molar-refractivity contribution is 0.976. The maximum Gasteiger partial charge on any atom is 0.251 e. The maximum absolute atomic E-state index is 11.7. The summed E-state index contributed by atoms with van der Waals surface area (Å²) in [7, 11) is 0. The van der Waals surface area contributed by atoms with E-state index < -0.39 is 0 Å². The first-order valence-corrected chi connectivity index (χ1v) is 6.80. The summed E-state index contributed by atoms with van der Waals surface area (Å²) in [5.74, 6) is 1.13. The molecule has 1 heterocycles. The minimum atomic E-state index is -0.0747. The molecule has 92 valence electrons. The van der Waals surface area contributed by atoms with E-state index in [0.29, 0.717) is 11.7 Å². The minimum absolute atomic E-state index is 0.0747. The van der Waals surface area contributed by atoms with E-state index in [1.165, 1.54) is 5.56 Å². The highest BCUT2D eigenvalue weighted by Crippen LogP contribution is 2.39. The third-order valence-electron chi connectivity index (χ3n) is 3.14. The maximum atomic E-state index is 11.7. The normalized spacial score (nSPS) is 14.8. The van der Waals surface area contributed by atoms with Crippen LogP contribution in [0.25, 0.3) is 11.4 Å². The second kappa shape index (κ2) is 4.35. The summed E-state index contributed by atoms with van der Waals surface area (Å²) in [5, 5.41) is 0. The van der Waals surface area contributed by atoms with Crippen LogP contribution in [0.4, 0.5) is 0 Å². The third-order valence-corrected chi connectivity index (χ3v) is 3.79. The molecule has 4 heteroatoms. The Kier molecular flexibility index (Phi) is 2.82. The van der Waals surface area contributed by atoms with Crippen molar-refractivity contribution < 1.29 is 0 Å². The summed E-state index contributed by atoms with van der Waals surface area (Å²) in [6, 6.07) is 7.64. The quantitative estimate of drug-likeness (QED) is 0.924. The van der Waals surface area contributed by atoms with Crippen molar-refractivity contribution in [1.29, 1.82) is 0 Å². The van der Waals surface area contributed by atoms with Gasteiger partial charge in [0.2, 0.25) is 0 Å². The molecule has 0 atom stereocenters. The number of nitrogens with zero attached hydrogens (tertiary/aromatic N) is 1. The fourth-order valence-corrected chi connectivity index (χ4v) is 2.69. The van der Waals surface area contributed by atoms with E-state index in [2.05, 4.69) is 25.9 Å². The number of H-pyrrole nitrogens is 1. The van der Waals surface area contributed by atoms with Crippen molar-refractivity contribution in [2.45, 2.75) is 25.7 Å². The van der Waals surface area contributed by atoms with Crippen molar-refractivity contribution in [1.82, 2.24) is 9.97 Å². The Labute approximate surface area is 113 Å². The molecular weight excluding hydrogens is 292 g/mol. The predicted octanol–water partition coefficient (Wildman–Crippen LogP) is 3.39. The van der Waals surface area contributed by atoms with Crippen molar-refractivity contribution in [3.05, 3.63) is 50.3 Å². The molecule has 2 aromatic rings. The standard InChI is InChI=1S/C14H13BrN2O/c1-8-2-5-10(11(15)6-8)14-16-12(9-3-4-9)7-13(18)17-14/h2,5-7,9H,3-4H2,1H3,(H,16,17,18). The van der Waals surface area contributed by atoms with Gasteiger partial charge in [0, 0.05) is 22.0 Å². The summed E-state index contributed by atoms with van der Waals surface area (Å²) in [4.78, 5) is 19.1. The van der Waals surface area contributed by atoms with Crippen molar-refractivity contribution in [2.75, 3.05) is 0 Å². The number of hydrogen-bond donors (Lipinski definition) is 1. The molecule has 1 aliphatic rings.